The number of para-hydroxylation sites is 1. The van der Waals surface area contributed by atoms with Crippen molar-refractivity contribution in [3.8, 4) is 5.75 Å². The van der Waals surface area contributed by atoms with Crippen LogP contribution >= 0.6 is 11.3 Å². The molecule has 1 heterocycles. The Labute approximate surface area is 135 Å². The van der Waals surface area contributed by atoms with Gasteiger partial charge in [0.25, 0.3) is 0 Å². The molecule has 2 aromatic rings. The van der Waals surface area contributed by atoms with E-state index in [1.54, 1.807) is 23.3 Å². The second-order valence-corrected chi connectivity index (χ2v) is 6.11. The van der Waals surface area contributed by atoms with Gasteiger partial charge >= 0.3 is 0 Å². The molecule has 0 saturated carbocycles. The van der Waals surface area contributed by atoms with E-state index in [0.717, 1.165) is 28.2 Å². The van der Waals surface area contributed by atoms with Gasteiger partial charge in [0.15, 0.2) is 0 Å². The van der Waals surface area contributed by atoms with Gasteiger partial charge in [-0.1, -0.05) is 24.3 Å². The van der Waals surface area contributed by atoms with Crippen LogP contribution in [0, 0.1) is 0 Å². The Morgan fingerprint density at radius 1 is 1.27 bits per heavy atom. The van der Waals surface area contributed by atoms with Gasteiger partial charge in [0.1, 0.15) is 5.75 Å². The van der Waals surface area contributed by atoms with Crippen molar-refractivity contribution in [3.05, 3.63) is 57.8 Å². The van der Waals surface area contributed by atoms with Crippen LogP contribution < -0.4 is 4.74 Å². The largest absolute Gasteiger partial charge is 0.496 e. The molecule has 0 spiro atoms. The van der Waals surface area contributed by atoms with Crippen LogP contribution in [0.3, 0.4) is 0 Å². The Morgan fingerprint density at radius 3 is 2.73 bits per heavy atom. The number of methoxy groups -OCH3 is 1. The van der Waals surface area contributed by atoms with E-state index >= 15 is 0 Å². The predicted octanol–water partition coefficient (Wildman–Crippen LogP) is 3.86. The third-order valence-corrected chi connectivity index (χ3v) is 4.31. The minimum absolute atomic E-state index is 0.0586. The van der Waals surface area contributed by atoms with E-state index in [9.17, 15) is 4.79 Å². The van der Waals surface area contributed by atoms with Crippen LogP contribution in [0.15, 0.2) is 47.4 Å². The number of carbonyl (C=O) groups is 1. The Balaban J connectivity index is 1.97. The number of nitrogens with zero attached hydrogens (tertiary/aromatic N) is 1. The van der Waals surface area contributed by atoms with Crippen LogP contribution in [-0.4, -0.2) is 31.5 Å². The molecular formula is C18H21NO2S. The molecule has 1 aromatic heterocycles. The average Bonchev–Trinajstić information content (AvgIpc) is 3.04. The van der Waals surface area contributed by atoms with Crippen LogP contribution in [0.4, 0.5) is 0 Å². The molecule has 0 N–H and O–H groups in total. The fourth-order valence-corrected chi connectivity index (χ4v) is 2.96. The zero-order valence-corrected chi connectivity index (χ0v) is 14.0. The Kier molecular flexibility index (Phi) is 5.78. The number of likely N-dealkylation sites (N-methyl/N-ethyl adjacent to an activating group) is 1. The van der Waals surface area contributed by atoms with Crippen LogP contribution in [0.25, 0.3) is 6.08 Å². The second-order valence-electron chi connectivity index (χ2n) is 5.13. The van der Waals surface area contributed by atoms with Gasteiger partial charge in [-0.3, -0.25) is 4.79 Å². The highest BCUT2D eigenvalue weighted by molar-refractivity contribution is 7.10. The maximum Gasteiger partial charge on any atom is 0.249 e. The summed E-state index contributed by atoms with van der Waals surface area (Å²) in [6.07, 6.45) is 2.71. The summed E-state index contributed by atoms with van der Waals surface area (Å²) >= 11 is 1.63. The molecule has 116 valence electrons. The number of hydrogen-bond donors (Lipinski definition) is 0. The first kappa shape index (κ1) is 16.3. The number of ether oxygens (including phenoxy) is 1. The minimum Gasteiger partial charge on any atom is -0.496 e. The molecule has 0 aliphatic carbocycles. The summed E-state index contributed by atoms with van der Waals surface area (Å²) in [5.74, 6) is 0.928. The van der Waals surface area contributed by atoms with Crippen molar-refractivity contribution in [2.24, 2.45) is 0 Å². The van der Waals surface area contributed by atoms with Gasteiger partial charge in [-0.25, -0.2) is 0 Å². The normalized spacial score (nSPS) is 11.3. The SMILES string of the molecule is COc1ccccc1CCN(C)C(=O)/C(C)=C/c1cccs1. The molecule has 2 rings (SSSR count). The molecule has 0 fully saturated rings. The summed E-state index contributed by atoms with van der Waals surface area (Å²) in [6, 6.07) is 11.9. The highest BCUT2D eigenvalue weighted by Crippen LogP contribution is 2.18. The van der Waals surface area contributed by atoms with E-state index in [1.807, 2.05) is 61.8 Å². The van der Waals surface area contributed by atoms with Gasteiger partial charge in [0.05, 0.1) is 7.11 Å². The van der Waals surface area contributed by atoms with Crippen molar-refractivity contribution < 1.29 is 9.53 Å². The lowest BCUT2D eigenvalue weighted by molar-refractivity contribution is -0.125. The van der Waals surface area contributed by atoms with E-state index in [0.29, 0.717) is 6.54 Å². The van der Waals surface area contributed by atoms with Crippen molar-refractivity contribution in [1.29, 1.82) is 0 Å². The van der Waals surface area contributed by atoms with E-state index in [2.05, 4.69) is 0 Å². The predicted molar refractivity (Wildman–Crippen MR) is 92.3 cm³/mol. The molecule has 4 heteroatoms. The topological polar surface area (TPSA) is 29.5 Å². The maximum absolute atomic E-state index is 12.4. The monoisotopic (exact) mass is 315 g/mol. The van der Waals surface area contributed by atoms with Gasteiger partial charge < -0.3 is 9.64 Å². The molecule has 0 aliphatic heterocycles. The van der Waals surface area contributed by atoms with Gasteiger partial charge in [0, 0.05) is 24.0 Å². The summed E-state index contributed by atoms with van der Waals surface area (Å²) in [7, 11) is 3.51. The van der Waals surface area contributed by atoms with Crippen LogP contribution in [0.2, 0.25) is 0 Å². The van der Waals surface area contributed by atoms with E-state index in [1.165, 1.54) is 0 Å². The van der Waals surface area contributed by atoms with E-state index < -0.39 is 0 Å². The third kappa shape index (κ3) is 4.21. The van der Waals surface area contributed by atoms with Crippen molar-refractivity contribution >= 4 is 23.3 Å². The van der Waals surface area contributed by atoms with Crippen molar-refractivity contribution in [3.63, 3.8) is 0 Å². The molecule has 0 aliphatic rings. The summed E-state index contributed by atoms with van der Waals surface area (Å²) in [6.45, 7) is 2.52. The standard InChI is InChI=1S/C18H21NO2S/c1-14(13-16-8-6-12-22-16)18(20)19(2)11-10-15-7-4-5-9-17(15)21-3/h4-9,12-13H,10-11H2,1-3H3/b14-13+. The lowest BCUT2D eigenvalue weighted by atomic mass is 10.1. The summed E-state index contributed by atoms with van der Waals surface area (Å²) in [4.78, 5) is 15.2. The van der Waals surface area contributed by atoms with Gasteiger partial charge in [-0.05, 0) is 42.5 Å². The van der Waals surface area contributed by atoms with Crippen molar-refractivity contribution in [2.45, 2.75) is 13.3 Å². The van der Waals surface area contributed by atoms with Crippen molar-refractivity contribution in [1.82, 2.24) is 4.90 Å². The Bertz CT molecular complexity index is 647. The highest BCUT2D eigenvalue weighted by Gasteiger charge is 2.12. The molecule has 3 nitrogen and oxygen atoms in total. The van der Waals surface area contributed by atoms with E-state index in [4.69, 9.17) is 4.74 Å². The Morgan fingerprint density at radius 2 is 2.05 bits per heavy atom. The molecule has 1 aromatic carbocycles. The number of rotatable bonds is 6. The minimum atomic E-state index is 0.0586. The number of hydrogen-bond acceptors (Lipinski definition) is 3. The molecule has 22 heavy (non-hydrogen) atoms. The third-order valence-electron chi connectivity index (χ3n) is 3.50. The molecule has 0 atom stereocenters. The lowest BCUT2D eigenvalue weighted by Crippen LogP contribution is -2.29. The van der Waals surface area contributed by atoms with Crippen LogP contribution in [-0.2, 0) is 11.2 Å². The van der Waals surface area contributed by atoms with E-state index in [-0.39, 0.29) is 5.91 Å². The molecule has 1 amide bonds. The van der Waals surface area contributed by atoms with Gasteiger partial charge in [-0.2, -0.15) is 0 Å². The first-order chi connectivity index (χ1) is 10.6. The molecule has 0 unspecified atom stereocenters. The smallest absolute Gasteiger partial charge is 0.249 e. The van der Waals surface area contributed by atoms with Crippen molar-refractivity contribution in [2.75, 3.05) is 20.7 Å². The summed E-state index contributed by atoms with van der Waals surface area (Å²) < 4.78 is 5.34. The lowest BCUT2D eigenvalue weighted by Gasteiger charge is -2.18. The molecule has 0 radical (unpaired) electrons. The summed E-state index contributed by atoms with van der Waals surface area (Å²) in [5.41, 5.74) is 1.87. The number of benzene rings is 1. The molecule has 0 bridgehead atoms. The van der Waals surface area contributed by atoms with Gasteiger partial charge in [0.2, 0.25) is 5.91 Å². The zero-order chi connectivity index (χ0) is 15.9. The summed E-state index contributed by atoms with van der Waals surface area (Å²) in [5, 5.41) is 2.01. The van der Waals surface area contributed by atoms with Crippen LogP contribution in [0.1, 0.15) is 17.4 Å². The maximum atomic E-state index is 12.4. The second kappa shape index (κ2) is 7.80. The van der Waals surface area contributed by atoms with Gasteiger partial charge in [-0.15, -0.1) is 11.3 Å². The number of thiophene rings is 1. The quantitative estimate of drug-likeness (QED) is 0.758. The van der Waals surface area contributed by atoms with Crippen LogP contribution in [0.5, 0.6) is 5.75 Å². The molecule has 0 saturated heterocycles. The average molecular weight is 315 g/mol. The fourth-order valence-electron chi connectivity index (χ4n) is 2.25. The highest BCUT2D eigenvalue weighted by atomic mass is 32.1. The number of carbonyl (C=O) groups excluding carboxylic acids is 1. The first-order valence-electron chi connectivity index (χ1n) is 7.21. The molecular weight excluding hydrogens is 294 g/mol. The fraction of sp³-hybridized carbons (Fsp3) is 0.278. The number of amides is 1. The Hall–Kier alpha value is -2.07. The zero-order valence-electron chi connectivity index (χ0n) is 13.2. The first-order valence-corrected chi connectivity index (χ1v) is 8.09.